The van der Waals surface area contributed by atoms with Crippen molar-refractivity contribution in [3.63, 3.8) is 0 Å². The fourth-order valence-electron chi connectivity index (χ4n) is 1.82. The minimum absolute atomic E-state index is 0.00208. The average Bonchev–Trinajstić information content (AvgIpc) is 2.26. The van der Waals surface area contributed by atoms with E-state index in [-0.39, 0.29) is 18.1 Å². The molecule has 2 N–H and O–H groups in total. The van der Waals surface area contributed by atoms with E-state index >= 15 is 0 Å². The molecule has 4 nitrogen and oxygen atoms in total. The minimum atomic E-state index is -0.334. The van der Waals surface area contributed by atoms with Crippen molar-refractivity contribution in [2.75, 3.05) is 20.1 Å². The molecule has 2 unspecified atom stereocenters. The zero-order chi connectivity index (χ0) is 11.3. The zero-order valence-electron chi connectivity index (χ0n) is 9.70. The SMILES string of the molecule is CC(O)CCN(C)C(=O)C1CCCCN1. The molecular formula is C11H22N2O2. The number of piperidine rings is 1. The van der Waals surface area contributed by atoms with Crippen molar-refractivity contribution in [2.45, 2.75) is 44.8 Å². The summed E-state index contributed by atoms with van der Waals surface area (Å²) in [5.41, 5.74) is 0. The fraction of sp³-hybridized carbons (Fsp3) is 0.909. The molecule has 0 aromatic rings. The quantitative estimate of drug-likeness (QED) is 0.710. The third-order valence-corrected chi connectivity index (χ3v) is 2.87. The lowest BCUT2D eigenvalue weighted by Crippen LogP contribution is -2.47. The van der Waals surface area contributed by atoms with Gasteiger partial charge in [-0.05, 0) is 32.7 Å². The van der Waals surface area contributed by atoms with Crippen molar-refractivity contribution in [2.24, 2.45) is 0 Å². The van der Waals surface area contributed by atoms with E-state index in [0.717, 1.165) is 19.4 Å². The minimum Gasteiger partial charge on any atom is -0.393 e. The van der Waals surface area contributed by atoms with Crippen LogP contribution in [0, 0.1) is 0 Å². The van der Waals surface area contributed by atoms with Crippen LogP contribution >= 0.6 is 0 Å². The molecule has 88 valence electrons. The van der Waals surface area contributed by atoms with Gasteiger partial charge in [-0.2, -0.15) is 0 Å². The number of hydrogen-bond donors (Lipinski definition) is 2. The first-order chi connectivity index (χ1) is 7.11. The van der Waals surface area contributed by atoms with Crippen LogP contribution in [0.5, 0.6) is 0 Å². The molecule has 1 rings (SSSR count). The Balaban J connectivity index is 2.30. The van der Waals surface area contributed by atoms with Crippen molar-refractivity contribution in [3.8, 4) is 0 Å². The molecule has 15 heavy (non-hydrogen) atoms. The van der Waals surface area contributed by atoms with E-state index in [9.17, 15) is 4.79 Å². The van der Waals surface area contributed by atoms with Crippen LogP contribution in [0.3, 0.4) is 0 Å². The third-order valence-electron chi connectivity index (χ3n) is 2.87. The highest BCUT2D eigenvalue weighted by molar-refractivity contribution is 5.81. The number of rotatable bonds is 4. The predicted octanol–water partition coefficient (Wildman–Crippen LogP) is 0.358. The maximum Gasteiger partial charge on any atom is 0.239 e. The highest BCUT2D eigenvalue weighted by Crippen LogP contribution is 2.09. The largest absolute Gasteiger partial charge is 0.393 e. The van der Waals surface area contributed by atoms with Gasteiger partial charge < -0.3 is 15.3 Å². The summed E-state index contributed by atoms with van der Waals surface area (Å²) in [5, 5.41) is 12.4. The van der Waals surface area contributed by atoms with Crippen molar-refractivity contribution < 1.29 is 9.90 Å². The average molecular weight is 214 g/mol. The van der Waals surface area contributed by atoms with Crippen LogP contribution in [0.15, 0.2) is 0 Å². The van der Waals surface area contributed by atoms with Crippen LogP contribution < -0.4 is 5.32 Å². The lowest BCUT2D eigenvalue weighted by molar-refractivity contribution is -0.132. The molecule has 1 fully saturated rings. The van der Waals surface area contributed by atoms with Crippen molar-refractivity contribution in [1.82, 2.24) is 10.2 Å². The van der Waals surface area contributed by atoms with E-state index in [0.29, 0.717) is 13.0 Å². The Morgan fingerprint density at radius 3 is 2.87 bits per heavy atom. The van der Waals surface area contributed by atoms with Gasteiger partial charge in [0, 0.05) is 13.6 Å². The number of amides is 1. The summed E-state index contributed by atoms with van der Waals surface area (Å²) < 4.78 is 0. The van der Waals surface area contributed by atoms with Gasteiger partial charge in [-0.15, -0.1) is 0 Å². The highest BCUT2D eigenvalue weighted by atomic mass is 16.3. The van der Waals surface area contributed by atoms with Crippen LogP contribution in [0.1, 0.15) is 32.6 Å². The second-order valence-corrected chi connectivity index (χ2v) is 4.40. The first-order valence-electron chi connectivity index (χ1n) is 5.77. The number of nitrogens with one attached hydrogen (secondary N) is 1. The summed E-state index contributed by atoms with van der Waals surface area (Å²) in [6, 6.07) is -0.00208. The molecule has 0 saturated carbocycles. The molecule has 1 amide bonds. The number of carbonyl (C=O) groups is 1. The molecule has 0 aliphatic carbocycles. The Bertz CT molecular complexity index is 201. The molecule has 0 bridgehead atoms. The Morgan fingerprint density at radius 1 is 1.60 bits per heavy atom. The summed E-state index contributed by atoms with van der Waals surface area (Å²) in [6.07, 6.45) is 3.56. The Labute approximate surface area is 91.6 Å². The fourth-order valence-corrected chi connectivity index (χ4v) is 1.82. The molecule has 4 heteroatoms. The Morgan fingerprint density at radius 2 is 2.33 bits per heavy atom. The first-order valence-corrected chi connectivity index (χ1v) is 5.77. The van der Waals surface area contributed by atoms with Gasteiger partial charge in [-0.25, -0.2) is 0 Å². The van der Waals surface area contributed by atoms with Gasteiger partial charge in [0.2, 0.25) is 5.91 Å². The Kier molecular flexibility index (Phi) is 5.05. The maximum absolute atomic E-state index is 11.9. The first kappa shape index (κ1) is 12.5. The van der Waals surface area contributed by atoms with Gasteiger partial charge in [0.25, 0.3) is 0 Å². The molecule has 0 aromatic heterocycles. The van der Waals surface area contributed by atoms with Gasteiger partial charge in [0.1, 0.15) is 0 Å². The molecule has 1 heterocycles. The topological polar surface area (TPSA) is 52.6 Å². The summed E-state index contributed by atoms with van der Waals surface area (Å²) in [7, 11) is 1.81. The summed E-state index contributed by atoms with van der Waals surface area (Å²) >= 11 is 0. The van der Waals surface area contributed by atoms with E-state index in [4.69, 9.17) is 5.11 Å². The smallest absolute Gasteiger partial charge is 0.239 e. The van der Waals surface area contributed by atoms with Gasteiger partial charge >= 0.3 is 0 Å². The number of aliphatic hydroxyl groups excluding tert-OH is 1. The van der Waals surface area contributed by atoms with Gasteiger partial charge in [-0.3, -0.25) is 4.79 Å². The molecule has 0 spiro atoms. The molecular weight excluding hydrogens is 192 g/mol. The second kappa shape index (κ2) is 6.08. The monoisotopic (exact) mass is 214 g/mol. The number of likely N-dealkylation sites (N-methyl/N-ethyl adjacent to an activating group) is 1. The lowest BCUT2D eigenvalue weighted by atomic mass is 10.0. The summed E-state index contributed by atoms with van der Waals surface area (Å²) in [5.74, 6) is 0.162. The lowest BCUT2D eigenvalue weighted by Gasteiger charge is -2.27. The van der Waals surface area contributed by atoms with Crippen LogP contribution in [0.2, 0.25) is 0 Å². The zero-order valence-corrected chi connectivity index (χ0v) is 9.70. The highest BCUT2D eigenvalue weighted by Gasteiger charge is 2.23. The predicted molar refractivity (Wildman–Crippen MR) is 59.6 cm³/mol. The standard InChI is InChI=1S/C11H22N2O2/c1-9(14)6-8-13(2)11(15)10-5-3-4-7-12-10/h9-10,12,14H,3-8H2,1-2H3. The Hall–Kier alpha value is -0.610. The molecule has 2 atom stereocenters. The molecule has 1 aliphatic heterocycles. The van der Waals surface area contributed by atoms with Crippen molar-refractivity contribution in [1.29, 1.82) is 0 Å². The van der Waals surface area contributed by atoms with Crippen LogP contribution in [-0.4, -0.2) is 48.2 Å². The molecule has 0 radical (unpaired) electrons. The number of nitrogens with zero attached hydrogens (tertiary/aromatic N) is 1. The van der Waals surface area contributed by atoms with E-state index in [1.54, 1.807) is 18.9 Å². The molecule has 0 aromatic carbocycles. The van der Waals surface area contributed by atoms with Crippen LogP contribution in [-0.2, 0) is 4.79 Å². The van der Waals surface area contributed by atoms with Crippen LogP contribution in [0.4, 0.5) is 0 Å². The molecule has 1 saturated heterocycles. The van der Waals surface area contributed by atoms with Crippen LogP contribution in [0.25, 0.3) is 0 Å². The summed E-state index contributed by atoms with van der Waals surface area (Å²) in [6.45, 7) is 3.33. The van der Waals surface area contributed by atoms with Gasteiger partial charge in [0.15, 0.2) is 0 Å². The third kappa shape index (κ3) is 4.18. The summed E-state index contributed by atoms with van der Waals surface area (Å²) in [4.78, 5) is 13.6. The van der Waals surface area contributed by atoms with E-state index in [2.05, 4.69) is 5.32 Å². The maximum atomic E-state index is 11.9. The van der Waals surface area contributed by atoms with Crippen molar-refractivity contribution >= 4 is 5.91 Å². The van der Waals surface area contributed by atoms with E-state index in [1.165, 1.54) is 6.42 Å². The van der Waals surface area contributed by atoms with E-state index in [1.807, 2.05) is 0 Å². The molecule has 1 aliphatic rings. The second-order valence-electron chi connectivity index (χ2n) is 4.40. The van der Waals surface area contributed by atoms with Gasteiger partial charge in [-0.1, -0.05) is 6.42 Å². The van der Waals surface area contributed by atoms with Crippen molar-refractivity contribution in [3.05, 3.63) is 0 Å². The van der Waals surface area contributed by atoms with E-state index < -0.39 is 0 Å². The normalized spacial score (nSPS) is 23.5. The number of aliphatic hydroxyl groups is 1. The number of carbonyl (C=O) groups excluding carboxylic acids is 1. The number of hydrogen-bond acceptors (Lipinski definition) is 3. The van der Waals surface area contributed by atoms with Gasteiger partial charge in [0.05, 0.1) is 12.1 Å².